The van der Waals surface area contributed by atoms with E-state index >= 15 is 0 Å². The van der Waals surface area contributed by atoms with Crippen molar-refractivity contribution in [1.82, 2.24) is 19.6 Å². The first-order chi connectivity index (χ1) is 14.9. The molecule has 2 heterocycles. The van der Waals surface area contributed by atoms with Gasteiger partial charge < -0.3 is 19.3 Å². The van der Waals surface area contributed by atoms with Crippen LogP contribution in [0.15, 0.2) is 35.0 Å². The van der Waals surface area contributed by atoms with E-state index in [1.165, 1.54) is 0 Å². The Hall–Kier alpha value is -3.16. The Morgan fingerprint density at radius 2 is 1.97 bits per heavy atom. The van der Waals surface area contributed by atoms with Crippen molar-refractivity contribution in [2.45, 2.75) is 59.4 Å². The number of rotatable bonds is 10. The van der Waals surface area contributed by atoms with E-state index < -0.39 is 0 Å². The van der Waals surface area contributed by atoms with Crippen LogP contribution in [0.1, 0.15) is 58.2 Å². The van der Waals surface area contributed by atoms with Crippen molar-refractivity contribution in [2.75, 3.05) is 18.4 Å². The molecule has 3 aromatic rings. The molecule has 0 spiro atoms. The number of likely N-dealkylation sites (N-methyl/N-ethyl adjacent to an activating group) is 1. The normalized spacial score (nSPS) is 11.3. The van der Waals surface area contributed by atoms with Gasteiger partial charge in [-0.3, -0.25) is 9.59 Å². The van der Waals surface area contributed by atoms with Crippen LogP contribution in [0, 0.1) is 0 Å². The number of nitrogens with zero attached hydrogens (tertiary/aromatic N) is 4. The van der Waals surface area contributed by atoms with Crippen molar-refractivity contribution in [3.63, 3.8) is 0 Å². The lowest BCUT2D eigenvalue weighted by atomic mass is 10.2. The predicted octanol–water partition coefficient (Wildman–Crippen LogP) is 3.98. The number of anilines is 1. The molecule has 0 aliphatic rings. The number of fused-ring (bicyclic) bond motifs is 1. The molecule has 31 heavy (non-hydrogen) atoms. The smallest absolute Gasteiger partial charge is 0.242 e. The first-order valence-corrected chi connectivity index (χ1v) is 10.9. The van der Waals surface area contributed by atoms with E-state index in [4.69, 9.17) is 4.52 Å². The van der Waals surface area contributed by atoms with Gasteiger partial charge in [0, 0.05) is 54.6 Å². The summed E-state index contributed by atoms with van der Waals surface area (Å²) in [5.74, 6) is 1.53. The maximum Gasteiger partial charge on any atom is 0.242 e. The SMILES string of the molecule is CCN(CC)C(=O)Cn1ccc2cc(NC(=O)CCCc3nc(C(C)C)no3)ccc21. The first kappa shape index (κ1) is 22.5. The fraction of sp³-hybridized carbons (Fsp3) is 0.478. The van der Waals surface area contributed by atoms with E-state index in [0.29, 0.717) is 50.6 Å². The Morgan fingerprint density at radius 1 is 1.19 bits per heavy atom. The lowest BCUT2D eigenvalue weighted by molar-refractivity contribution is -0.131. The number of aromatic nitrogens is 3. The van der Waals surface area contributed by atoms with Gasteiger partial charge in [-0.15, -0.1) is 0 Å². The van der Waals surface area contributed by atoms with Crippen LogP contribution in [0.25, 0.3) is 10.9 Å². The van der Waals surface area contributed by atoms with Crippen LogP contribution in [-0.2, 0) is 22.6 Å². The van der Waals surface area contributed by atoms with Crippen LogP contribution in [0.4, 0.5) is 5.69 Å². The average molecular weight is 426 g/mol. The van der Waals surface area contributed by atoms with E-state index in [0.717, 1.165) is 16.6 Å². The fourth-order valence-corrected chi connectivity index (χ4v) is 3.47. The van der Waals surface area contributed by atoms with E-state index in [9.17, 15) is 9.59 Å². The molecule has 0 aliphatic carbocycles. The maximum absolute atomic E-state index is 12.4. The Labute approximate surface area is 182 Å². The van der Waals surface area contributed by atoms with Gasteiger partial charge in [0.15, 0.2) is 5.82 Å². The van der Waals surface area contributed by atoms with Crippen molar-refractivity contribution in [3.8, 4) is 0 Å². The van der Waals surface area contributed by atoms with Gasteiger partial charge in [-0.05, 0) is 44.5 Å². The summed E-state index contributed by atoms with van der Waals surface area (Å²) in [6.45, 7) is 9.70. The zero-order chi connectivity index (χ0) is 22.4. The van der Waals surface area contributed by atoms with Gasteiger partial charge in [-0.25, -0.2) is 0 Å². The highest BCUT2D eigenvalue weighted by atomic mass is 16.5. The van der Waals surface area contributed by atoms with Gasteiger partial charge >= 0.3 is 0 Å². The lowest BCUT2D eigenvalue weighted by Crippen LogP contribution is -2.33. The summed E-state index contributed by atoms with van der Waals surface area (Å²) in [5.41, 5.74) is 1.71. The van der Waals surface area contributed by atoms with Crippen molar-refractivity contribution >= 4 is 28.4 Å². The number of amides is 2. The molecule has 3 rings (SSSR count). The molecule has 1 aromatic carbocycles. The second-order valence-electron chi connectivity index (χ2n) is 7.89. The second kappa shape index (κ2) is 10.2. The Bertz CT molecular complexity index is 1030. The number of carbonyl (C=O) groups excluding carboxylic acids is 2. The third-order valence-electron chi connectivity index (χ3n) is 5.27. The van der Waals surface area contributed by atoms with Gasteiger partial charge in [0.2, 0.25) is 17.7 Å². The minimum atomic E-state index is -0.0564. The monoisotopic (exact) mass is 425 g/mol. The molecule has 8 nitrogen and oxygen atoms in total. The molecule has 2 amide bonds. The summed E-state index contributed by atoms with van der Waals surface area (Å²) >= 11 is 0. The molecule has 0 unspecified atom stereocenters. The number of benzene rings is 1. The third kappa shape index (κ3) is 5.71. The number of hydrogen-bond acceptors (Lipinski definition) is 5. The van der Waals surface area contributed by atoms with E-state index in [1.807, 2.05) is 67.6 Å². The van der Waals surface area contributed by atoms with E-state index in [1.54, 1.807) is 0 Å². The van der Waals surface area contributed by atoms with Crippen molar-refractivity contribution in [2.24, 2.45) is 0 Å². The predicted molar refractivity (Wildman–Crippen MR) is 120 cm³/mol. The number of hydrogen-bond donors (Lipinski definition) is 1. The summed E-state index contributed by atoms with van der Waals surface area (Å²) in [5, 5.41) is 7.86. The van der Waals surface area contributed by atoms with Gasteiger partial charge in [-0.2, -0.15) is 4.98 Å². The Kier molecular flexibility index (Phi) is 7.44. The second-order valence-corrected chi connectivity index (χ2v) is 7.89. The Morgan fingerprint density at radius 3 is 2.65 bits per heavy atom. The third-order valence-corrected chi connectivity index (χ3v) is 5.27. The highest BCUT2D eigenvalue weighted by Crippen LogP contribution is 2.21. The molecule has 0 radical (unpaired) electrons. The summed E-state index contributed by atoms with van der Waals surface area (Å²) in [4.78, 5) is 30.9. The van der Waals surface area contributed by atoms with Crippen LogP contribution in [-0.4, -0.2) is 44.5 Å². The molecule has 2 aromatic heterocycles. The minimum absolute atomic E-state index is 0.0564. The molecule has 8 heteroatoms. The van der Waals surface area contributed by atoms with Crippen molar-refractivity contribution in [3.05, 3.63) is 42.2 Å². The standard InChI is InChI=1S/C23H31N5O3/c1-5-27(6-2)22(30)15-28-13-12-17-14-18(10-11-19(17)28)24-20(29)8-7-9-21-25-23(16(3)4)26-31-21/h10-14,16H,5-9,15H2,1-4H3,(H,24,29). The quantitative estimate of drug-likeness (QED) is 0.530. The molecule has 0 saturated carbocycles. The largest absolute Gasteiger partial charge is 0.342 e. The number of nitrogens with one attached hydrogen (secondary N) is 1. The van der Waals surface area contributed by atoms with Crippen LogP contribution >= 0.6 is 0 Å². The van der Waals surface area contributed by atoms with E-state index in [2.05, 4.69) is 15.5 Å². The topological polar surface area (TPSA) is 93.3 Å². The van der Waals surface area contributed by atoms with Gasteiger partial charge in [0.1, 0.15) is 6.54 Å². The maximum atomic E-state index is 12.4. The molecule has 0 atom stereocenters. The van der Waals surface area contributed by atoms with Crippen molar-refractivity contribution < 1.29 is 14.1 Å². The number of carbonyl (C=O) groups is 2. The molecule has 0 bridgehead atoms. The first-order valence-electron chi connectivity index (χ1n) is 10.9. The molecular weight excluding hydrogens is 394 g/mol. The van der Waals surface area contributed by atoms with Gasteiger partial charge in [0.25, 0.3) is 0 Å². The van der Waals surface area contributed by atoms with Crippen LogP contribution < -0.4 is 5.32 Å². The molecule has 0 saturated heterocycles. The molecular formula is C23H31N5O3. The molecule has 1 N–H and O–H groups in total. The van der Waals surface area contributed by atoms with Gasteiger partial charge in [0.05, 0.1) is 0 Å². The average Bonchev–Trinajstić information content (AvgIpc) is 3.36. The Balaban J connectivity index is 1.54. The van der Waals surface area contributed by atoms with Gasteiger partial charge in [-0.1, -0.05) is 19.0 Å². The molecule has 0 fully saturated rings. The zero-order valence-corrected chi connectivity index (χ0v) is 18.7. The zero-order valence-electron chi connectivity index (χ0n) is 18.7. The van der Waals surface area contributed by atoms with Crippen LogP contribution in [0.3, 0.4) is 0 Å². The minimum Gasteiger partial charge on any atom is -0.342 e. The summed E-state index contributed by atoms with van der Waals surface area (Å²) in [6.07, 6.45) is 3.50. The summed E-state index contributed by atoms with van der Waals surface area (Å²) in [7, 11) is 0. The van der Waals surface area contributed by atoms with E-state index in [-0.39, 0.29) is 17.7 Å². The highest BCUT2D eigenvalue weighted by Gasteiger charge is 2.13. The summed E-state index contributed by atoms with van der Waals surface area (Å²) < 4.78 is 7.15. The lowest BCUT2D eigenvalue weighted by Gasteiger charge is -2.19. The van der Waals surface area contributed by atoms with Crippen molar-refractivity contribution in [1.29, 1.82) is 0 Å². The van der Waals surface area contributed by atoms with Crippen LogP contribution in [0.2, 0.25) is 0 Å². The fourth-order valence-electron chi connectivity index (χ4n) is 3.47. The number of aryl methyl sites for hydroxylation is 1. The summed E-state index contributed by atoms with van der Waals surface area (Å²) in [6, 6.07) is 7.69. The van der Waals surface area contributed by atoms with Crippen LogP contribution in [0.5, 0.6) is 0 Å². The molecule has 166 valence electrons. The highest BCUT2D eigenvalue weighted by molar-refractivity contribution is 5.94. The molecule has 0 aliphatic heterocycles.